The number of urea groups is 1. The highest BCUT2D eigenvalue weighted by molar-refractivity contribution is 5.89. The summed E-state index contributed by atoms with van der Waals surface area (Å²) < 4.78 is 11.0. The van der Waals surface area contributed by atoms with E-state index < -0.39 is 0 Å². The predicted molar refractivity (Wildman–Crippen MR) is 96.2 cm³/mol. The minimum Gasteiger partial charge on any atom is -0.376 e. The summed E-state index contributed by atoms with van der Waals surface area (Å²) in [6.45, 7) is 5.69. The SMILES string of the molecule is CC(C)OCCOCc1cccc(NC(=O)NC2CCCCC2)c1. The number of hydrogen-bond donors (Lipinski definition) is 2. The molecule has 134 valence electrons. The maximum absolute atomic E-state index is 12.1. The van der Waals surface area contributed by atoms with Gasteiger partial charge in [0.1, 0.15) is 0 Å². The van der Waals surface area contributed by atoms with Gasteiger partial charge in [0.05, 0.1) is 25.9 Å². The van der Waals surface area contributed by atoms with Crippen molar-refractivity contribution in [2.75, 3.05) is 18.5 Å². The van der Waals surface area contributed by atoms with Crippen LogP contribution in [0, 0.1) is 0 Å². The lowest BCUT2D eigenvalue weighted by Gasteiger charge is -2.22. The number of benzene rings is 1. The molecular weight excluding hydrogens is 304 g/mol. The number of ether oxygens (including phenoxy) is 2. The second-order valence-electron chi connectivity index (χ2n) is 6.61. The fourth-order valence-corrected chi connectivity index (χ4v) is 2.87. The highest BCUT2D eigenvalue weighted by Gasteiger charge is 2.15. The molecule has 0 aromatic heterocycles. The predicted octanol–water partition coefficient (Wildman–Crippen LogP) is 4.08. The fourth-order valence-electron chi connectivity index (χ4n) is 2.87. The van der Waals surface area contributed by atoms with E-state index in [4.69, 9.17) is 9.47 Å². The van der Waals surface area contributed by atoms with Gasteiger partial charge in [0.25, 0.3) is 0 Å². The molecule has 0 bridgehead atoms. The normalized spacial score (nSPS) is 15.5. The number of rotatable bonds is 8. The summed E-state index contributed by atoms with van der Waals surface area (Å²) in [4.78, 5) is 12.1. The summed E-state index contributed by atoms with van der Waals surface area (Å²) >= 11 is 0. The molecule has 24 heavy (non-hydrogen) atoms. The number of anilines is 1. The zero-order valence-electron chi connectivity index (χ0n) is 14.8. The Balaban J connectivity index is 1.72. The van der Waals surface area contributed by atoms with Crippen LogP contribution in [0.5, 0.6) is 0 Å². The third-order valence-electron chi connectivity index (χ3n) is 4.07. The van der Waals surface area contributed by atoms with Crippen LogP contribution in [0.2, 0.25) is 0 Å². The molecule has 1 aromatic carbocycles. The molecule has 5 heteroatoms. The summed E-state index contributed by atoms with van der Waals surface area (Å²) in [7, 11) is 0. The van der Waals surface area contributed by atoms with E-state index in [1.54, 1.807) is 0 Å². The third-order valence-corrected chi connectivity index (χ3v) is 4.07. The van der Waals surface area contributed by atoms with Crippen LogP contribution in [0.3, 0.4) is 0 Å². The van der Waals surface area contributed by atoms with Crippen molar-refractivity contribution in [1.29, 1.82) is 0 Å². The molecule has 0 spiro atoms. The van der Waals surface area contributed by atoms with Gasteiger partial charge >= 0.3 is 6.03 Å². The number of carbonyl (C=O) groups excluding carboxylic acids is 1. The van der Waals surface area contributed by atoms with Crippen LogP contribution in [0.25, 0.3) is 0 Å². The van der Waals surface area contributed by atoms with Crippen molar-refractivity contribution in [3.8, 4) is 0 Å². The van der Waals surface area contributed by atoms with Gasteiger partial charge in [-0.15, -0.1) is 0 Å². The van der Waals surface area contributed by atoms with E-state index in [2.05, 4.69) is 10.6 Å². The van der Waals surface area contributed by atoms with E-state index in [-0.39, 0.29) is 12.1 Å². The molecule has 1 fully saturated rings. The molecule has 2 rings (SSSR count). The lowest BCUT2D eigenvalue weighted by Crippen LogP contribution is -2.39. The molecule has 0 aliphatic heterocycles. The number of carbonyl (C=O) groups is 1. The molecule has 1 aliphatic rings. The Hall–Kier alpha value is -1.59. The highest BCUT2D eigenvalue weighted by atomic mass is 16.5. The largest absolute Gasteiger partial charge is 0.376 e. The van der Waals surface area contributed by atoms with Gasteiger partial charge < -0.3 is 20.1 Å². The van der Waals surface area contributed by atoms with Crippen LogP contribution in [0.15, 0.2) is 24.3 Å². The minimum absolute atomic E-state index is 0.120. The summed E-state index contributed by atoms with van der Waals surface area (Å²) in [5, 5.41) is 5.98. The van der Waals surface area contributed by atoms with Crippen LogP contribution in [-0.2, 0) is 16.1 Å². The zero-order valence-corrected chi connectivity index (χ0v) is 14.8. The average molecular weight is 334 g/mol. The Bertz CT molecular complexity index is 499. The lowest BCUT2D eigenvalue weighted by molar-refractivity contribution is 0.0143. The molecule has 1 aromatic rings. The van der Waals surface area contributed by atoms with Gasteiger partial charge in [-0.25, -0.2) is 4.79 Å². The van der Waals surface area contributed by atoms with Crippen molar-refractivity contribution in [2.24, 2.45) is 0 Å². The van der Waals surface area contributed by atoms with Crippen molar-refractivity contribution >= 4 is 11.7 Å². The van der Waals surface area contributed by atoms with Crippen LogP contribution in [0.1, 0.15) is 51.5 Å². The Kier molecular flexibility index (Phi) is 8.05. The van der Waals surface area contributed by atoms with Crippen LogP contribution < -0.4 is 10.6 Å². The first-order valence-electron chi connectivity index (χ1n) is 8.99. The van der Waals surface area contributed by atoms with E-state index in [1.165, 1.54) is 19.3 Å². The first-order chi connectivity index (χ1) is 11.6. The smallest absolute Gasteiger partial charge is 0.319 e. The van der Waals surface area contributed by atoms with E-state index in [0.717, 1.165) is 24.1 Å². The molecule has 0 radical (unpaired) electrons. The van der Waals surface area contributed by atoms with Crippen molar-refractivity contribution in [2.45, 2.75) is 64.7 Å². The number of hydrogen-bond acceptors (Lipinski definition) is 3. The molecule has 0 saturated heterocycles. The topological polar surface area (TPSA) is 59.6 Å². The van der Waals surface area contributed by atoms with E-state index >= 15 is 0 Å². The van der Waals surface area contributed by atoms with Gasteiger partial charge in [0.2, 0.25) is 0 Å². The van der Waals surface area contributed by atoms with Crippen LogP contribution in [-0.4, -0.2) is 31.4 Å². The molecule has 1 aliphatic carbocycles. The third kappa shape index (κ3) is 7.32. The van der Waals surface area contributed by atoms with Crippen LogP contribution >= 0.6 is 0 Å². The second kappa shape index (κ2) is 10.3. The van der Waals surface area contributed by atoms with Crippen molar-refractivity contribution < 1.29 is 14.3 Å². The van der Waals surface area contributed by atoms with Crippen molar-refractivity contribution in [3.05, 3.63) is 29.8 Å². The first kappa shape index (κ1) is 18.7. The average Bonchev–Trinajstić information content (AvgIpc) is 2.55. The summed E-state index contributed by atoms with van der Waals surface area (Å²) in [5.74, 6) is 0. The Morgan fingerprint density at radius 2 is 2.00 bits per heavy atom. The number of amides is 2. The van der Waals surface area contributed by atoms with Gasteiger partial charge in [-0.05, 0) is 44.4 Å². The van der Waals surface area contributed by atoms with Gasteiger partial charge in [-0.3, -0.25) is 0 Å². The summed E-state index contributed by atoms with van der Waals surface area (Å²) in [6.07, 6.45) is 6.09. The van der Waals surface area contributed by atoms with Gasteiger partial charge in [0, 0.05) is 11.7 Å². The molecule has 1 saturated carbocycles. The zero-order chi connectivity index (χ0) is 17.2. The lowest BCUT2D eigenvalue weighted by atomic mass is 9.96. The molecule has 5 nitrogen and oxygen atoms in total. The Labute approximate surface area is 145 Å². The molecular formula is C19H30N2O3. The summed E-state index contributed by atoms with van der Waals surface area (Å²) in [5.41, 5.74) is 1.83. The Morgan fingerprint density at radius 1 is 1.21 bits per heavy atom. The molecule has 2 N–H and O–H groups in total. The van der Waals surface area contributed by atoms with E-state index in [1.807, 2.05) is 38.1 Å². The Morgan fingerprint density at radius 3 is 2.75 bits per heavy atom. The highest BCUT2D eigenvalue weighted by Crippen LogP contribution is 2.18. The van der Waals surface area contributed by atoms with Gasteiger partial charge in [0.15, 0.2) is 0 Å². The number of nitrogens with one attached hydrogen (secondary N) is 2. The van der Waals surface area contributed by atoms with Gasteiger partial charge in [-0.2, -0.15) is 0 Å². The molecule has 0 atom stereocenters. The first-order valence-corrected chi connectivity index (χ1v) is 8.99. The van der Waals surface area contributed by atoms with Gasteiger partial charge in [-0.1, -0.05) is 31.4 Å². The van der Waals surface area contributed by atoms with Crippen molar-refractivity contribution in [3.63, 3.8) is 0 Å². The molecule has 2 amide bonds. The van der Waals surface area contributed by atoms with E-state index in [9.17, 15) is 4.79 Å². The quantitative estimate of drug-likeness (QED) is 0.704. The van der Waals surface area contributed by atoms with Crippen LogP contribution in [0.4, 0.5) is 10.5 Å². The molecule has 0 unspecified atom stereocenters. The molecule has 0 heterocycles. The fraction of sp³-hybridized carbons (Fsp3) is 0.632. The van der Waals surface area contributed by atoms with Crippen molar-refractivity contribution in [1.82, 2.24) is 5.32 Å². The summed E-state index contributed by atoms with van der Waals surface area (Å²) in [6, 6.07) is 7.96. The van der Waals surface area contributed by atoms with E-state index in [0.29, 0.717) is 25.9 Å². The maximum Gasteiger partial charge on any atom is 0.319 e. The minimum atomic E-state index is -0.120. The standard InChI is InChI=1S/C19H30N2O3/c1-15(2)24-12-11-23-14-16-7-6-10-18(13-16)21-19(22)20-17-8-4-3-5-9-17/h6-7,10,13,15,17H,3-5,8-9,11-12,14H2,1-2H3,(H2,20,21,22). The second-order valence-corrected chi connectivity index (χ2v) is 6.61. The maximum atomic E-state index is 12.1. The monoisotopic (exact) mass is 334 g/mol.